The molecule has 0 atom stereocenters. The topological polar surface area (TPSA) is 54.3 Å². The van der Waals surface area contributed by atoms with Crippen LogP contribution in [0.25, 0.3) is 10.9 Å². The van der Waals surface area contributed by atoms with Crippen molar-refractivity contribution in [1.82, 2.24) is 9.47 Å². The van der Waals surface area contributed by atoms with E-state index >= 15 is 0 Å². The van der Waals surface area contributed by atoms with Gasteiger partial charge in [0.1, 0.15) is 6.54 Å². The number of anilines is 1. The van der Waals surface area contributed by atoms with Crippen molar-refractivity contribution in [3.63, 3.8) is 0 Å². The minimum Gasteiger partial charge on any atom is -0.342 e. The fourth-order valence-corrected chi connectivity index (χ4v) is 3.62. The van der Waals surface area contributed by atoms with E-state index < -0.39 is 0 Å². The first kappa shape index (κ1) is 19.2. The number of nitrogens with zero attached hydrogens (tertiary/aromatic N) is 2. The molecule has 3 aromatic rings. The molecule has 0 saturated carbocycles. The molecule has 2 amide bonds. The fraction of sp³-hybridized carbons (Fsp3) is 0.238. The van der Waals surface area contributed by atoms with E-state index in [0.717, 1.165) is 32.3 Å². The minimum atomic E-state index is -0.107. The zero-order valence-electron chi connectivity index (χ0n) is 15.6. The van der Waals surface area contributed by atoms with Crippen molar-refractivity contribution in [3.8, 4) is 0 Å². The smallest absolute Gasteiger partial charge is 0.244 e. The predicted octanol–water partition coefficient (Wildman–Crippen LogP) is 4.33. The molecular formula is C21H22BrN3O2. The molecule has 140 valence electrons. The highest BCUT2D eigenvalue weighted by molar-refractivity contribution is 9.10. The van der Waals surface area contributed by atoms with Crippen LogP contribution >= 0.6 is 15.9 Å². The highest BCUT2D eigenvalue weighted by Gasteiger charge is 2.15. The zero-order chi connectivity index (χ0) is 19.6. The minimum absolute atomic E-state index is 0.0181. The zero-order valence-corrected chi connectivity index (χ0v) is 17.2. The summed E-state index contributed by atoms with van der Waals surface area (Å²) in [7, 11) is 1.74. The van der Waals surface area contributed by atoms with Crippen molar-refractivity contribution in [3.05, 3.63) is 64.3 Å². The summed E-state index contributed by atoms with van der Waals surface area (Å²) in [4.78, 5) is 25.9. The molecule has 0 radical (unpaired) electrons. The van der Waals surface area contributed by atoms with Crippen molar-refractivity contribution in [2.24, 2.45) is 0 Å². The molecule has 0 fully saturated rings. The summed E-state index contributed by atoms with van der Waals surface area (Å²) in [6.45, 7) is 4.18. The molecule has 0 aliphatic rings. The Kier molecular flexibility index (Phi) is 5.65. The Morgan fingerprint density at radius 1 is 1.11 bits per heavy atom. The Morgan fingerprint density at radius 2 is 1.78 bits per heavy atom. The average Bonchev–Trinajstić information content (AvgIpc) is 2.88. The number of carbonyl (C=O) groups excluding carboxylic acids is 2. The van der Waals surface area contributed by atoms with Crippen LogP contribution < -0.4 is 5.32 Å². The van der Waals surface area contributed by atoms with Gasteiger partial charge in [0.2, 0.25) is 11.8 Å². The maximum atomic E-state index is 12.7. The molecule has 27 heavy (non-hydrogen) atoms. The van der Waals surface area contributed by atoms with Crippen molar-refractivity contribution in [2.45, 2.75) is 26.9 Å². The number of rotatable bonds is 5. The second kappa shape index (κ2) is 7.96. The Morgan fingerprint density at radius 3 is 2.52 bits per heavy atom. The maximum absolute atomic E-state index is 12.7. The number of hydrogen-bond donors (Lipinski definition) is 1. The van der Waals surface area contributed by atoms with Crippen LogP contribution in [-0.4, -0.2) is 28.3 Å². The number of hydrogen-bond acceptors (Lipinski definition) is 2. The molecule has 5 nitrogen and oxygen atoms in total. The lowest BCUT2D eigenvalue weighted by Gasteiger charge is -2.18. The molecule has 0 saturated heterocycles. The van der Waals surface area contributed by atoms with E-state index in [1.54, 1.807) is 11.9 Å². The largest absolute Gasteiger partial charge is 0.342 e. The summed E-state index contributed by atoms with van der Waals surface area (Å²) in [5.74, 6) is -0.125. The SMILES string of the molecule is CC(=O)N(C)Cc1ccccc1NC(=O)Cn1c(C)c(Br)c2ccccc21. The summed E-state index contributed by atoms with van der Waals surface area (Å²) in [5, 5.41) is 4.08. The van der Waals surface area contributed by atoms with Crippen LogP contribution in [0.4, 0.5) is 5.69 Å². The molecule has 0 aliphatic carbocycles. The maximum Gasteiger partial charge on any atom is 0.244 e. The Hall–Kier alpha value is -2.60. The van der Waals surface area contributed by atoms with Gasteiger partial charge in [-0.1, -0.05) is 36.4 Å². The Balaban J connectivity index is 1.82. The Bertz CT molecular complexity index is 1010. The number of fused-ring (bicyclic) bond motifs is 1. The van der Waals surface area contributed by atoms with Crippen LogP contribution in [0, 0.1) is 6.92 Å². The van der Waals surface area contributed by atoms with Crippen molar-refractivity contribution in [2.75, 3.05) is 12.4 Å². The van der Waals surface area contributed by atoms with Crippen molar-refractivity contribution >= 4 is 44.3 Å². The molecule has 0 unspecified atom stereocenters. The van der Waals surface area contributed by atoms with Gasteiger partial charge in [-0.3, -0.25) is 9.59 Å². The van der Waals surface area contributed by atoms with E-state index in [9.17, 15) is 9.59 Å². The molecular weight excluding hydrogens is 406 g/mol. The van der Waals surface area contributed by atoms with Crippen LogP contribution in [-0.2, 0) is 22.7 Å². The lowest BCUT2D eigenvalue weighted by Crippen LogP contribution is -2.25. The first-order chi connectivity index (χ1) is 12.9. The molecule has 1 N–H and O–H groups in total. The van der Waals surface area contributed by atoms with Crippen LogP contribution in [0.2, 0.25) is 0 Å². The summed E-state index contributed by atoms with van der Waals surface area (Å²) in [6, 6.07) is 15.6. The van der Waals surface area contributed by atoms with Gasteiger partial charge in [0.15, 0.2) is 0 Å². The van der Waals surface area contributed by atoms with Gasteiger partial charge in [-0.05, 0) is 40.5 Å². The third-order valence-electron chi connectivity index (χ3n) is 4.69. The summed E-state index contributed by atoms with van der Waals surface area (Å²) < 4.78 is 3.01. The highest BCUT2D eigenvalue weighted by atomic mass is 79.9. The number of carbonyl (C=O) groups is 2. The van der Waals surface area contributed by atoms with Crippen molar-refractivity contribution in [1.29, 1.82) is 0 Å². The van der Waals surface area contributed by atoms with Gasteiger partial charge in [0.25, 0.3) is 0 Å². The van der Waals surface area contributed by atoms with Crippen LogP contribution in [0.3, 0.4) is 0 Å². The second-order valence-corrected chi connectivity index (χ2v) is 7.38. The normalized spacial score (nSPS) is 10.8. The second-order valence-electron chi connectivity index (χ2n) is 6.58. The van der Waals surface area contributed by atoms with Gasteiger partial charge in [-0.25, -0.2) is 0 Å². The van der Waals surface area contributed by atoms with Gasteiger partial charge in [0.05, 0.1) is 0 Å². The standard InChI is InChI=1S/C21H22BrN3O2/c1-14-21(22)17-9-5-7-11-19(17)25(14)13-20(27)23-18-10-6-4-8-16(18)12-24(3)15(2)26/h4-11H,12-13H2,1-3H3,(H,23,27). The first-order valence-electron chi connectivity index (χ1n) is 8.71. The molecule has 0 aliphatic heterocycles. The highest BCUT2D eigenvalue weighted by Crippen LogP contribution is 2.30. The van der Waals surface area contributed by atoms with Gasteiger partial charge < -0.3 is 14.8 Å². The molecule has 3 rings (SSSR count). The van der Waals surface area contributed by atoms with Gasteiger partial charge in [-0.15, -0.1) is 0 Å². The van der Waals surface area contributed by atoms with Crippen LogP contribution in [0.1, 0.15) is 18.2 Å². The van der Waals surface area contributed by atoms with Gasteiger partial charge in [0, 0.05) is 47.3 Å². The number of amides is 2. The van der Waals surface area contributed by atoms with E-state index in [1.165, 1.54) is 6.92 Å². The number of nitrogens with one attached hydrogen (secondary N) is 1. The summed E-state index contributed by atoms with van der Waals surface area (Å²) >= 11 is 3.62. The third kappa shape index (κ3) is 4.06. The lowest BCUT2D eigenvalue weighted by atomic mass is 10.1. The lowest BCUT2D eigenvalue weighted by molar-refractivity contribution is -0.128. The number of para-hydroxylation sites is 2. The van der Waals surface area contributed by atoms with E-state index in [1.807, 2.05) is 60.0 Å². The summed E-state index contributed by atoms with van der Waals surface area (Å²) in [6.07, 6.45) is 0. The number of aromatic nitrogens is 1. The van der Waals surface area contributed by atoms with E-state index in [4.69, 9.17) is 0 Å². The molecule has 6 heteroatoms. The van der Waals surface area contributed by atoms with Crippen LogP contribution in [0.15, 0.2) is 53.0 Å². The number of benzene rings is 2. The molecule has 0 spiro atoms. The van der Waals surface area contributed by atoms with Gasteiger partial charge in [-0.2, -0.15) is 0 Å². The molecule has 1 aromatic heterocycles. The third-order valence-corrected chi connectivity index (χ3v) is 5.69. The number of halogens is 1. The molecule has 1 heterocycles. The first-order valence-corrected chi connectivity index (χ1v) is 9.50. The van der Waals surface area contributed by atoms with E-state index in [-0.39, 0.29) is 18.4 Å². The van der Waals surface area contributed by atoms with Gasteiger partial charge >= 0.3 is 0 Å². The molecule has 2 aromatic carbocycles. The van der Waals surface area contributed by atoms with Crippen LogP contribution in [0.5, 0.6) is 0 Å². The molecule has 0 bridgehead atoms. The van der Waals surface area contributed by atoms with E-state index in [0.29, 0.717) is 6.54 Å². The fourth-order valence-electron chi connectivity index (χ4n) is 3.07. The predicted molar refractivity (Wildman–Crippen MR) is 112 cm³/mol. The monoisotopic (exact) mass is 427 g/mol. The summed E-state index contributed by atoms with van der Waals surface area (Å²) in [5.41, 5.74) is 3.65. The average molecular weight is 428 g/mol. The quantitative estimate of drug-likeness (QED) is 0.658. The van der Waals surface area contributed by atoms with E-state index in [2.05, 4.69) is 21.2 Å². The Labute approximate surface area is 167 Å². The van der Waals surface area contributed by atoms with Crippen molar-refractivity contribution < 1.29 is 9.59 Å².